The summed E-state index contributed by atoms with van der Waals surface area (Å²) < 4.78 is 0. The van der Waals surface area contributed by atoms with Crippen molar-refractivity contribution in [2.24, 2.45) is 0 Å². The highest BCUT2D eigenvalue weighted by Crippen LogP contribution is 2.22. The average Bonchev–Trinajstić information content (AvgIpc) is 2.38. The summed E-state index contributed by atoms with van der Waals surface area (Å²) in [6.45, 7) is 3.57. The molecule has 1 aliphatic heterocycles. The van der Waals surface area contributed by atoms with E-state index in [1.807, 2.05) is 30.0 Å². The number of rotatable bonds is 2. The van der Waals surface area contributed by atoms with E-state index >= 15 is 0 Å². The van der Waals surface area contributed by atoms with Crippen molar-refractivity contribution in [2.75, 3.05) is 18.8 Å². The first kappa shape index (κ1) is 12.5. The second-order valence-electron chi connectivity index (χ2n) is 4.28. The third-order valence-corrected chi connectivity index (χ3v) is 4.04. The lowest BCUT2D eigenvalue weighted by Crippen LogP contribution is -2.43. The molecule has 0 saturated carbocycles. The number of aliphatic hydroxyl groups is 1. The van der Waals surface area contributed by atoms with Gasteiger partial charge in [0.05, 0.1) is 0 Å². The van der Waals surface area contributed by atoms with Gasteiger partial charge in [-0.3, -0.25) is 4.79 Å². The van der Waals surface area contributed by atoms with Crippen LogP contribution < -0.4 is 0 Å². The number of hydrogen-bond donors (Lipinski definition) is 1. The molecule has 1 saturated heterocycles. The van der Waals surface area contributed by atoms with Crippen LogP contribution in [-0.2, 0) is 4.79 Å². The van der Waals surface area contributed by atoms with Gasteiger partial charge in [0, 0.05) is 24.1 Å². The Labute approximate surface area is 106 Å². The van der Waals surface area contributed by atoms with Gasteiger partial charge in [0.15, 0.2) is 6.10 Å². The van der Waals surface area contributed by atoms with E-state index < -0.39 is 6.10 Å². The van der Waals surface area contributed by atoms with Gasteiger partial charge in [-0.15, -0.1) is 0 Å². The van der Waals surface area contributed by atoms with Crippen LogP contribution in [0.25, 0.3) is 0 Å². The van der Waals surface area contributed by atoms with Crippen molar-refractivity contribution in [1.82, 2.24) is 4.90 Å². The van der Waals surface area contributed by atoms with Gasteiger partial charge in [0.2, 0.25) is 0 Å². The highest BCUT2D eigenvalue weighted by Gasteiger charge is 2.27. The Kier molecular flexibility index (Phi) is 4.07. The number of nitrogens with zero attached hydrogens (tertiary/aromatic N) is 1. The van der Waals surface area contributed by atoms with Crippen LogP contribution in [-0.4, -0.2) is 40.0 Å². The van der Waals surface area contributed by atoms with E-state index in [1.54, 1.807) is 17.0 Å². The summed E-state index contributed by atoms with van der Waals surface area (Å²) in [7, 11) is 0. The summed E-state index contributed by atoms with van der Waals surface area (Å²) in [4.78, 5) is 13.9. The summed E-state index contributed by atoms with van der Waals surface area (Å²) in [5, 5.41) is 10.5. The van der Waals surface area contributed by atoms with E-state index in [1.165, 1.54) is 0 Å². The largest absolute Gasteiger partial charge is 0.378 e. The smallest absolute Gasteiger partial charge is 0.256 e. The molecule has 1 amide bonds. The standard InChI is InChI=1S/C13H17NO2S/c1-10-9-14(7-8-17-10)13(16)12(15)11-5-3-2-4-6-11/h2-6,10,12,15H,7-9H2,1H3/t10-,12-/m1/s1. The lowest BCUT2D eigenvalue weighted by Gasteiger charge is -2.32. The Hall–Kier alpha value is -1.00. The van der Waals surface area contributed by atoms with E-state index in [4.69, 9.17) is 0 Å². The molecule has 0 spiro atoms. The molecule has 1 aromatic rings. The summed E-state index contributed by atoms with van der Waals surface area (Å²) >= 11 is 1.87. The zero-order valence-electron chi connectivity index (χ0n) is 9.87. The third-order valence-electron chi connectivity index (χ3n) is 2.90. The number of thioether (sulfide) groups is 1. The molecule has 3 nitrogen and oxygen atoms in total. The minimum atomic E-state index is -1.02. The first-order chi connectivity index (χ1) is 8.18. The van der Waals surface area contributed by atoms with E-state index in [0.717, 1.165) is 18.8 Å². The fourth-order valence-corrected chi connectivity index (χ4v) is 2.98. The van der Waals surface area contributed by atoms with Crippen molar-refractivity contribution in [3.63, 3.8) is 0 Å². The number of carbonyl (C=O) groups excluding carboxylic acids is 1. The molecule has 1 aromatic carbocycles. The molecule has 17 heavy (non-hydrogen) atoms. The quantitative estimate of drug-likeness (QED) is 0.869. The van der Waals surface area contributed by atoms with Crippen LogP contribution >= 0.6 is 11.8 Å². The van der Waals surface area contributed by atoms with Crippen molar-refractivity contribution in [2.45, 2.75) is 18.3 Å². The van der Waals surface area contributed by atoms with E-state index in [-0.39, 0.29) is 5.91 Å². The van der Waals surface area contributed by atoms with Crippen LogP contribution in [0.3, 0.4) is 0 Å². The lowest BCUT2D eigenvalue weighted by molar-refractivity contribution is -0.140. The number of hydrogen-bond acceptors (Lipinski definition) is 3. The minimum absolute atomic E-state index is 0.177. The van der Waals surface area contributed by atoms with Gasteiger partial charge >= 0.3 is 0 Å². The minimum Gasteiger partial charge on any atom is -0.378 e. The fourth-order valence-electron chi connectivity index (χ4n) is 1.97. The Bertz CT molecular complexity index is 382. The summed E-state index contributed by atoms with van der Waals surface area (Å²) in [6, 6.07) is 9.11. The zero-order chi connectivity index (χ0) is 12.3. The van der Waals surface area contributed by atoms with Gasteiger partial charge in [-0.1, -0.05) is 37.3 Å². The maximum atomic E-state index is 12.1. The molecule has 2 atom stereocenters. The predicted molar refractivity (Wildman–Crippen MR) is 69.9 cm³/mol. The Balaban J connectivity index is 2.04. The number of carbonyl (C=O) groups is 1. The van der Waals surface area contributed by atoms with Gasteiger partial charge in [0.25, 0.3) is 5.91 Å². The SMILES string of the molecule is C[C@@H]1CN(C(=O)[C@H](O)c2ccccc2)CCS1. The van der Waals surface area contributed by atoms with Gasteiger partial charge < -0.3 is 10.0 Å². The van der Waals surface area contributed by atoms with E-state index in [2.05, 4.69) is 6.92 Å². The first-order valence-electron chi connectivity index (χ1n) is 5.82. The van der Waals surface area contributed by atoms with Crippen molar-refractivity contribution < 1.29 is 9.90 Å². The molecular formula is C13H17NO2S. The van der Waals surface area contributed by atoms with Crippen molar-refractivity contribution in [1.29, 1.82) is 0 Å². The van der Waals surface area contributed by atoms with E-state index in [0.29, 0.717) is 10.8 Å². The van der Waals surface area contributed by atoms with Crippen LogP contribution in [0.4, 0.5) is 0 Å². The number of amides is 1. The Morgan fingerprint density at radius 2 is 2.18 bits per heavy atom. The lowest BCUT2D eigenvalue weighted by atomic mass is 10.1. The molecular weight excluding hydrogens is 234 g/mol. The van der Waals surface area contributed by atoms with Crippen LogP contribution in [0.2, 0.25) is 0 Å². The van der Waals surface area contributed by atoms with Gasteiger partial charge in [-0.2, -0.15) is 11.8 Å². The number of benzene rings is 1. The highest BCUT2D eigenvalue weighted by atomic mass is 32.2. The monoisotopic (exact) mass is 251 g/mol. The molecule has 0 bridgehead atoms. The summed E-state index contributed by atoms with van der Waals surface area (Å²) in [5.41, 5.74) is 0.670. The Morgan fingerprint density at radius 3 is 2.82 bits per heavy atom. The van der Waals surface area contributed by atoms with Gasteiger partial charge in [0.1, 0.15) is 0 Å². The second kappa shape index (κ2) is 5.56. The van der Waals surface area contributed by atoms with Crippen molar-refractivity contribution in [3.8, 4) is 0 Å². The summed E-state index contributed by atoms with van der Waals surface area (Å²) in [5.74, 6) is 0.775. The van der Waals surface area contributed by atoms with Gasteiger partial charge in [-0.05, 0) is 5.56 Å². The number of aliphatic hydroxyl groups excluding tert-OH is 1. The molecule has 92 valence electrons. The predicted octanol–water partition coefficient (Wildman–Crippen LogP) is 1.68. The molecule has 2 rings (SSSR count). The van der Waals surface area contributed by atoms with E-state index in [9.17, 15) is 9.90 Å². The zero-order valence-corrected chi connectivity index (χ0v) is 10.7. The molecule has 1 fully saturated rings. The normalized spacial score (nSPS) is 22.2. The second-order valence-corrected chi connectivity index (χ2v) is 5.83. The third kappa shape index (κ3) is 3.01. The first-order valence-corrected chi connectivity index (χ1v) is 6.87. The van der Waals surface area contributed by atoms with Gasteiger partial charge in [-0.25, -0.2) is 0 Å². The summed E-state index contributed by atoms with van der Waals surface area (Å²) in [6.07, 6.45) is -1.02. The average molecular weight is 251 g/mol. The Morgan fingerprint density at radius 1 is 1.47 bits per heavy atom. The van der Waals surface area contributed by atoms with Crippen LogP contribution in [0.1, 0.15) is 18.6 Å². The topological polar surface area (TPSA) is 40.5 Å². The van der Waals surface area contributed by atoms with Crippen LogP contribution in [0.5, 0.6) is 0 Å². The molecule has 0 unspecified atom stereocenters. The molecule has 0 radical (unpaired) electrons. The molecule has 1 heterocycles. The molecule has 1 N–H and O–H groups in total. The molecule has 0 aromatic heterocycles. The molecule has 4 heteroatoms. The van der Waals surface area contributed by atoms with Crippen LogP contribution in [0, 0.1) is 0 Å². The highest BCUT2D eigenvalue weighted by molar-refractivity contribution is 7.99. The van der Waals surface area contributed by atoms with Crippen LogP contribution in [0.15, 0.2) is 30.3 Å². The molecule has 1 aliphatic rings. The van der Waals surface area contributed by atoms with Crippen molar-refractivity contribution in [3.05, 3.63) is 35.9 Å². The molecule has 0 aliphatic carbocycles. The maximum absolute atomic E-state index is 12.1. The maximum Gasteiger partial charge on any atom is 0.256 e. The fraction of sp³-hybridized carbons (Fsp3) is 0.462. The van der Waals surface area contributed by atoms with Crippen molar-refractivity contribution >= 4 is 17.7 Å².